The summed E-state index contributed by atoms with van der Waals surface area (Å²) in [6, 6.07) is 0. The number of thiazole rings is 1. The molecule has 1 fully saturated rings. The Hall–Kier alpha value is -0.940. The second-order valence-corrected chi connectivity index (χ2v) is 4.11. The van der Waals surface area contributed by atoms with Crippen molar-refractivity contribution < 1.29 is 9.53 Å². The van der Waals surface area contributed by atoms with Crippen molar-refractivity contribution in [3.63, 3.8) is 0 Å². The second kappa shape index (κ2) is 4.52. The minimum absolute atomic E-state index is 0.0725. The second-order valence-electron chi connectivity index (χ2n) is 3.21. The van der Waals surface area contributed by atoms with E-state index in [1.807, 2.05) is 5.38 Å². The SMILES string of the molecule is O=C(Nc1nccs1)C1CCOCC1. The molecule has 1 aromatic rings. The third kappa shape index (κ3) is 2.30. The number of nitrogens with one attached hydrogen (secondary N) is 1. The topological polar surface area (TPSA) is 51.2 Å². The highest BCUT2D eigenvalue weighted by Crippen LogP contribution is 2.18. The molecular weight excluding hydrogens is 200 g/mol. The Labute approximate surface area is 86.3 Å². The molecule has 14 heavy (non-hydrogen) atoms. The number of rotatable bonds is 2. The molecule has 76 valence electrons. The summed E-state index contributed by atoms with van der Waals surface area (Å²) >= 11 is 1.44. The third-order valence-corrected chi connectivity index (χ3v) is 2.94. The van der Waals surface area contributed by atoms with Crippen LogP contribution in [0.3, 0.4) is 0 Å². The quantitative estimate of drug-likeness (QED) is 0.808. The van der Waals surface area contributed by atoms with Crippen molar-refractivity contribution >= 4 is 22.4 Å². The van der Waals surface area contributed by atoms with Gasteiger partial charge in [0.1, 0.15) is 0 Å². The maximum absolute atomic E-state index is 11.7. The van der Waals surface area contributed by atoms with Crippen LogP contribution >= 0.6 is 11.3 Å². The molecule has 1 amide bonds. The van der Waals surface area contributed by atoms with Crippen LogP contribution < -0.4 is 5.32 Å². The summed E-state index contributed by atoms with van der Waals surface area (Å²) < 4.78 is 5.19. The van der Waals surface area contributed by atoms with E-state index >= 15 is 0 Å². The standard InChI is InChI=1S/C9H12N2O2S/c12-8(7-1-4-13-5-2-7)11-9-10-3-6-14-9/h3,6-7H,1-2,4-5H2,(H,10,11,12). The molecular formula is C9H12N2O2S. The Kier molecular flexibility index (Phi) is 3.10. The predicted octanol–water partition coefficient (Wildman–Crippen LogP) is 1.51. The fourth-order valence-electron chi connectivity index (χ4n) is 1.45. The predicted molar refractivity (Wildman–Crippen MR) is 54.3 cm³/mol. The lowest BCUT2D eigenvalue weighted by atomic mass is 10.00. The van der Waals surface area contributed by atoms with Gasteiger partial charge in [0.25, 0.3) is 0 Å². The van der Waals surface area contributed by atoms with E-state index in [1.165, 1.54) is 11.3 Å². The van der Waals surface area contributed by atoms with Crippen LogP contribution in [0.15, 0.2) is 11.6 Å². The summed E-state index contributed by atoms with van der Waals surface area (Å²) in [6.07, 6.45) is 3.32. The molecule has 1 N–H and O–H groups in total. The summed E-state index contributed by atoms with van der Waals surface area (Å²) in [4.78, 5) is 15.7. The first-order chi connectivity index (χ1) is 6.86. The van der Waals surface area contributed by atoms with Crippen LogP contribution in [0.2, 0.25) is 0 Å². The average Bonchev–Trinajstić information content (AvgIpc) is 2.72. The van der Waals surface area contributed by atoms with Crippen LogP contribution in [0.1, 0.15) is 12.8 Å². The van der Waals surface area contributed by atoms with Gasteiger partial charge in [0, 0.05) is 30.7 Å². The molecule has 4 nitrogen and oxygen atoms in total. The van der Waals surface area contributed by atoms with Gasteiger partial charge in [0.15, 0.2) is 5.13 Å². The molecule has 0 bridgehead atoms. The molecule has 5 heteroatoms. The van der Waals surface area contributed by atoms with Crippen LogP contribution in [0.5, 0.6) is 0 Å². The summed E-state index contributed by atoms with van der Waals surface area (Å²) in [5.74, 6) is 0.163. The van der Waals surface area contributed by atoms with E-state index in [0.717, 1.165) is 12.8 Å². The lowest BCUT2D eigenvalue weighted by molar-refractivity contribution is -0.122. The largest absolute Gasteiger partial charge is 0.381 e. The van der Waals surface area contributed by atoms with Crippen LogP contribution in [0.25, 0.3) is 0 Å². The Morgan fingerprint density at radius 3 is 3.00 bits per heavy atom. The lowest BCUT2D eigenvalue weighted by Crippen LogP contribution is -2.28. The minimum Gasteiger partial charge on any atom is -0.381 e. The first-order valence-corrected chi connectivity index (χ1v) is 5.52. The van der Waals surface area contributed by atoms with Gasteiger partial charge in [-0.2, -0.15) is 0 Å². The first kappa shape index (κ1) is 9.61. The maximum Gasteiger partial charge on any atom is 0.229 e. The fraction of sp³-hybridized carbons (Fsp3) is 0.556. The summed E-state index contributed by atoms with van der Waals surface area (Å²) in [7, 11) is 0. The number of nitrogens with zero attached hydrogens (tertiary/aromatic N) is 1. The van der Waals surface area contributed by atoms with Crippen molar-refractivity contribution in [1.82, 2.24) is 4.98 Å². The number of aromatic nitrogens is 1. The normalized spacial score (nSPS) is 18.0. The number of amides is 1. The van der Waals surface area contributed by atoms with Crippen molar-refractivity contribution in [3.8, 4) is 0 Å². The Morgan fingerprint density at radius 2 is 2.36 bits per heavy atom. The van der Waals surface area contributed by atoms with Crippen molar-refractivity contribution in [1.29, 1.82) is 0 Å². The Morgan fingerprint density at radius 1 is 1.57 bits per heavy atom. The van der Waals surface area contributed by atoms with E-state index in [1.54, 1.807) is 6.20 Å². The fourth-order valence-corrected chi connectivity index (χ4v) is 1.98. The summed E-state index contributed by atoms with van der Waals surface area (Å²) in [5, 5.41) is 5.33. The molecule has 1 saturated heterocycles. The van der Waals surface area contributed by atoms with Gasteiger partial charge in [-0.1, -0.05) is 0 Å². The molecule has 0 saturated carbocycles. The van der Waals surface area contributed by atoms with Crippen LogP contribution in [0, 0.1) is 5.92 Å². The van der Waals surface area contributed by atoms with Crippen LogP contribution in [0.4, 0.5) is 5.13 Å². The van der Waals surface area contributed by atoms with Gasteiger partial charge in [-0.15, -0.1) is 11.3 Å². The molecule has 2 rings (SSSR count). The van der Waals surface area contributed by atoms with Crippen molar-refractivity contribution in [2.75, 3.05) is 18.5 Å². The van der Waals surface area contributed by atoms with Gasteiger partial charge in [0.2, 0.25) is 5.91 Å². The van der Waals surface area contributed by atoms with Gasteiger partial charge in [0.05, 0.1) is 0 Å². The minimum atomic E-state index is 0.0725. The highest BCUT2D eigenvalue weighted by atomic mass is 32.1. The summed E-state index contributed by atoms with van der Waals surface area (Å²) in [5.41, 5.74) is 0. The summed E-state index contributed by atoms with van der Waals surface area (Å²) in [6.45, 7) is 1.38. The van der Waals surface area contributed by atoms with Gasteiger partial charge in [-0.3, -0.25) is 4.79 Å². The third-order valence-electron chi connectivity index (χ3n) is 2.25. The van der Waals surface area contributed by atoms with E-state index < -0.39 is 0 Å². The smallest absolute Gasteiger partial charge is 0.229 e. The van der Waals surface area contributed by atoms with E-state index in [9.17, 15) is 4.79 Å². The van der Waals surface area contributed by atoms with Crippen LogP contribution in [-0.2, 0) is 9.53 Å². The van der Waals surface area contributed by atoms with E-state index in [4.69, 9.17) is 4.74 Å². The molecule has 2 heterocycles. The lowest BCUT2D eigenvalue weighted by Gasteiger charge is -2.20. The van der Waals surface area contributed by atoms with Crippen molar-refractivity contribution in [3.05, 3.63) is 11.6 Å². The molecule has 0 radical (unpaired) electrons. The zero-order chi connectivity index (χ0) is 9.80. The molecule has 1 aliphatic heterocycles. The Balaban J connectivity index is 1.88. The number of hydrogen-bond acceptors (Lipinski definition) is 4. The molecule has 0 atom stereocenters. The number of carbonyl (C=O) groups is 1. The number of carbonyl (C=O) groups excluding carboxylic acids is 1. The molecule has 0 unspecified atom stereocenters. The van der Waals surface area contributed by atoms with E-state index in [0.29, 0.717) is 18.3 Å². The zero-order valence-corrected chi connectivity index (χ0v) is 8.55. The number of hydrogen-bond donors (Lipinski definition) is 1. The van der Waals surface area contributed by atoms with E-state index in [2.05, 4.69) is 10.3 Å². The molecule has 1 aromatic heterocycles. The van der Waals surface area contributed by atoms with Crippen molar-refractivity contribution in [2.24, 2.45) is 5.92 Å². The Bertz CT molecular complexity index is 294. The highest BCUT2D eigenvalue weighted by Gasteiger charge is 2.21. The molecule has 0 aromatic carbocycles. The monoisotopic (exact) mass is 212 g/mol. The van der Waals surface area contributed by atoms with Crippen molar-refractivity contribution in [2.45, 2.75) is 12.8 Å². The molecule has 1 aliphatic rings. The van der Waals surface area contributed by atoms with Gasteiger partial charge in [-0.25, -0.2) is 4.98 Å². The van der Waals surface area contributed by atoms with Gasteiger partial charge in [-0.05, 0) is 12.8 Å². The molecule has 0 spiro atoms. The van der Waals surface area contributed by atoms with Gasteiger partial charge >= 0.3 is 0 Å². The maximum atomic E-state index is 11.7. The number of ether oxygens (including phenoxy) is 1. The van der Waals surface area contributed by atoms with E-state index in [-0.39, 0.29) is 11.8 Å². The average molecular weight is 212 g/mol. The zero-order valence-electron chi connectivity index (χ0n) is 7.73. The van der Waals surface area contributed by atoms with Crippen LogP contribution in [-0.4, -0.2) is 24.1 Å². The highest BCUT2D eigenvalue weighted by molar-refractivity contribution is 7.13. The number of anilines is 1. The molecule has 0 aliphatic carbocycles. The van der Waals surface area contributed by atoms with Gasteiger partial charge < -0.3 is 10.1 Å². The first-order valence-electron chi connectivity index (χ1n) is 4.64.